The van der Waals surface area contributed by atoms with Crippen molar-refractivity contribution in [3.8, 4) is 39.1 Å². The quantitative estimate of drug-likeness (QED) is 0.154. The van der Waals surface area contributed by atoms with Crippen molar-refractivity contribution in [2.75, 3.05) is 4.81 Å². The number of aromatic nitrogens is 1. The third kappa shape index (κ3) is 4.14. The minimum absolute atomic E-state index is 0.0341. The van der Waals surface area contributed by atoms with E-state index in [1.165, 1.54) is 111 Å². The van der Waals surface area contributed by atoms with E-state index in [0.717, 1.165) is 21.9 Å². The lowest BCUT2D eigenvalue weighted by molar-refractivity contribution is 0.590. The number of furan rings is 1. The Bertz CT molecular complexity index is 3680. The van der Waals surface area contributed by atoms with Gasteiger partial charge in [0.25, 0.3) is 0 Å². The zero-order valence-electron chi connectivity index (χ0n) is 36.2. The highest BCUT2D eigenvalue weighted by atomic mass is 16.3. The summed E-state index contributed by atoms with van der Waals surface area (Å²) in [5, 5.41) is 4.93. The van der Waals surface area contributed by atoms with Crippen LogP contribution in [0.3, 0.4) is 0 Å². The molecule has 0 bridgehead atoms. The average Bonchev–Trinajstić information content (AvgIpc) is 3.94. The van der Waals surface area contributed by atoms with Gasteiger partial charge in [-0.1, -0.05) is 146 Å². The highest BCUT2D eigenvalue weighted by molar-refractivity contribution is 6.93. The molecule has 0 spiro atoms. The van der Waals surface area contributed by atoms with Gasteiger partial charge in [0.1, 0.15) is 11.2 Å². The Morgan fingerprint density at radius 1 is 0.484 bits per heavy atom. The summed E-state index contributed by atoms with van der Waals surface area (Å²) < 4.78 is 9.35. The van der Waals surface area contributed by atoms with Crippen molar-refractivity contribution in [2.24, 2.45) is 0 Å². The van der Waals surface area contributed by atoms with E-state index in [9.17, 15) is 0 Å². The van der Waals surface area contributed by atoms with Crippen LogP contribution in [-0.2, 0) is 16.2 Å². The van der Waals surface area contributed by atoms with Gasteiger partial charge in [-0.15, -0.1) is 0 Å². The topological polar surface area (TPSA) is 21.3 Å². The molecule has 10 aromatic rings. The van der Waals surface area contributed by atoms with Crippen LogP contribution < -0.4 is 15.7 Å². The van der Waals surface area contributed by atoms with Gasteiger partial charge in [0.15, 0.2) is 0 Å². The molecule has 2 aromatic heterocycles. The summed E-state index contributed by atoms with van der Waals surface area (Å²) in [6.07, 6.45) is 0. The number of anilines is 2. The van der Waals surface area contributed by atoms with Crippen LogP contribution in [-0.4, -0.2) is 11.4 Å². The van der Waals surface area contributed by atoms with Crippen LogP contribution in [0.15, 0.2) is 150 Å². The number of fused-ring (bicyclic) bond motifs is 17. The van der Waals surface area contributed by atoms with E-state index in [-0.39, 0.29) is 23.1 Å². The maximum Gasteiger partial charge on any atom is 0.333 e. The molecule has 2 aliphatic heterocycles. The van der Waals surface area contributed by atoms with Crippen molar-refractivity contribution in [1.29, 1.82) is 0 Å². The predicted octanol–water partition coefficient (Wildman–Crippen LogP) is 13.8. The molecule has 4 aliphatic rings. The van der Waals surface area contributed by atoms with Crippen molar-refractivity contribution < 1.29 is 4.42 Å². The lowest BCUT2D eigenvalue weighted by Crippen LogP contribution is -2.60. The van der Waals surface area contributed by atoms with Gasteiger partial charge in [0.2, 0.25) is 0 Å². The Balaban J connectivity index is 1.16. The van der Waals surface area contributed by atoms with Crippen LogP contribution in [0, 0.1) is 0 Å². The van der Waals surface area contributed by atoms with Crippen LogP contribution >= 0.6 is 0 Å². The predicted molar refractivity (Wildman–Crippen MR) is 261 cm³/mol. The first-order valence-electron chi connectivity index (χ1n) is 22.3. The molecule has 0 atom stereocenters. The van der Waals surface area contributed by atoms with Gasteiger partial charge in [0, 0.05) is 61.1 Å². The van der Waals surface area contributed by atoms with Gasteiger partial charge in [-0.05, 0) is 114 Å². The molecule has 2 aliphatic carbocycles. The number of nitrogens with zero attached hydrogens (tertiary/aromatic N) is 2. The molecule has 0 fully saturated rings. The molecule has 4 heteroatoms. The van der Waals surface area contributed by atoms with Gasteiger partial charge < -0.3 is 13.8 Å². The maximum atomic E-state index is 6.69. The van der Waals surface area contributed by atoms with Crippen molar-refractivity contribution >= 4 is 72.9 Å². The smallest absolute Gasteiger partial charge is 0.333 e. The van der Waals surface area contributed by atoms with Crippen molar-refractivity contribution in [1.82, 2.24) is 4.57 Å². The Kier molecular flexibility index (Phi) is 6.29. The van der Waals surface area contributed by atoms with E-state index in [1.54, 1.807) is 0 Å². The molecule has 296 valence electrons. The molecular formula is C58H45BN2O. The van der Waals surface area contributed by atoms with E-state index in [4.69, 9.17) is 4.42 Å². The normalized spacial score (nSPS) is 15.9. The fourth-order valence-electron chi connectivity index (χ4n) is 12.4. The number of hydrogen-bond acceptors (Lipinski definition) is 2. The van der Waals surface area contributed by atoms with Gasteiger partial charge in [-0.2, -0.15) is 0 Å². The summed E-state index contributed by atoms with van der Waals surface area (Å²) >= 11 is 0. The van der Waals surface area contributed by atoms with Gasteiger partial charge in [0.05, 0.1) is 11.0 Å². The van der Waals surface area contributed by atoms with Gasteiger partial charge >= 0.3 is 6.85 Å². The molecular weight excluding hydrogens is 751 g/mol. The number of hydrogen-bond donors (Lipinski definition) is 0. The van der Waals surface area contributed by atoms with Gasteiger partial charge in [-0.3, -0.25) is 0 Å². The van der Waals surface area contributed by atoms with Crippen LogP contribution in [0.25, 0.3) is 82.8 Å². The summed E-state index contributed by atoms with van der Waals surface area (Å²) in [7, 11) is 0. The molecule has 0 saturated carbocycles. The second-order valence-electron chi connectivity index (χ2n) is 20.5. The zero-order valence-corrected chi connectivity index (χ0v) is 36.2. The van der Waals surface area contributed by atoms with Crippen molar-refractivity contribution in [3.05, 3.63) is 173 Å². The molecule has 0 unspecified atom stereocenters. The summed E-state index contributed by atoms with van der Waals surface area (Å²) in [5.74, 6) is 0. The third-order valence-corrected chi connectivity index (χ3v) is 15.5. The molecule has 0 amide bonds. The molecule has 0 N–H and O–H groups in total. The van der Waals surface area contributed by atoms with Crippen LogP contribution in [0.4, 0.5) is 11.4 Å². The number of benzene rings is 8. The SMILES string of the molecule is CC(C)(C)c1ccc(N2B3c4cc5c(cc4-n4c6cc7c(cc6c6ccc(c3c64)-c3cc4c(cc32)oc2ccccc24)C(C)(C)c2ccccc2-7)-c2ccccc2C5(C)C)cc1. The number of rotatable bonds is 1. The summed E-state index contributed by atoms with van der Waals surface area (Å²) in [6.45, 7) is 16.4. The fraction of sp³-hybridized carbons (Fsp3) is 0.172. The first-order chi connectivity index (χ1) is 29.9. The van der Waals surface area contributed by atoms with Crippen LogP contribution in [0.2, 0.25) is 0 Å². The standard InChI is InChI=1S/C58H45BN2O/c1-56(2,3)32-20-22-33(23-21-32)61-50-31-53-43(36-16-10-13-19-52(36)62-53)26-41(50)37-24-25-38-42-27-46-39(34-14-8-11-17-44(34)57(46,4)5)28-49(42)60-51-29-40-35-15-9-12-18-45(35)58(6,7)47(40)30-48(51)59(61)54(37)55(38)60/h8-31H,1-7H3. The zero-order chi connectivity index (χ0) is 41.8. The number of para-hydroxylation sites is 1. The second kappa shape index (κ2) is 11.2. The van der Waals surface area contributed by atoms with E-state index in [0.29, 0.717) is 0 Å². The lowest BCUT2D eigenvalue weighted by atomic mass is 9.43. The molecule has 4 heterocycles. The second-order valence-corrected chi connectivity index (χ2v) is 20.5. The summed E-state index contributed by atoms with van der Waals surface area (Å²) in [4.78, 5) is 2.65. The largest absolute Gasteiger partial charge is 0.456 e. The molecule has 8 aromatic carbocycles. The molecule has 14 rings (SSSR count). The monoisotopic (exact) mass is 796 g/mol. The molecule has 0 radical (unpaired) electrons. The Morgan fingerprint density at radius 3 is 1.87 bits per heavy atom. The summed E-state index contributed by atoms with van der Waals surface area (Å²) in [5.41, 5.74) is 25.4. The first kappa shape index (κ1) is 34.9. The van der Waals surface area contributed by atoms with Crippen LogP contribution in [0.1, 0.15) is 76.3 Å². The first-order valence-corrected chi connectivity index (χ1v) is 22.3. The maximum absolute atomic E-state index is 6.69. The Morgan fingerprint density at radius 2 is 1.15 bits per heavy atom. The highest BCUT2D eigenvalue weighted by Gasteiger charge is 2.47. The van der Waals surface area contributed by atoms with E-state index < -0.39 is 0 Å². The van der Waals surface area contributed by atoms with E-state index in [2.05, 4.69) is 203 Å². The highest BCUT2D eigenvalue weighted by Crippen LogP contribution is 2.54. The summed E-state index contributed by atoms with van der Waals surface area (Å²) in [6, 6.07) is 55.9. The lowest BCUT2D eigenvalue weighted by Gasteiger charge is -2.42. The molecule has 3 nitrogen and oxygen atoms in total. The van der Waals surface area contributed by atoms with Crippen molar-refractivity contribution in [2.45, 2.75) is 64.7 Å². The minimum atomic E-state index is -0.156. The Labute approximate surface area is 362 Å². The van der Waals surface area contributed by atoms with Crippen LogP contribution in [0.5, 0.6) is 0 Å². The molecule has 62 heavy (non-hydrogen) atoms. The fourth-order valence-corrected chi connectivity index (χ4v) is 12.4. The molecule has 0 saturated heterocycles. The Hall–Kier alpha value is -6.78. The van der Waals surface area contributed by atoms with E-state index in [1.807, 2.05) is 0 Å². The van der Waals surface area contributed by atoms with Gasteiger partial charge in [-0.25, -0.2) is 0 Å². The van der Waals surface area contributed by atoms with E-state index >= 15 is 0 Å². The van der Waals surface area contributed by atoms with Crippen molar-refractivity contribution in [3.63, 3.8) is 0 Å². The third-order valence-electron chi connectivity index (χ3n) is 15.5. The minimum Gasteiger partial charge on any atom is -0.456 e. The average molecular weight is 797 g/mol.